The molecule has 0 radical (unpaired) electrons. The summed E-state index contributed by atoms with van der Waals surface area (Å²) in [4.78, 5) is 0. The molecule has 4 rings (SSSR count). The van der Waals surface area contributed by atoms with Gasteiger partial charge < -0.3 is 19.5 Å². The first-order chi connectivity index (χ1) is 13.5. The molecule has 1 fully saturated rings. The maximum Gasteiger partial charge on any atom is 0.231 e. The van der Waals surface area contributed by atoms with Crippen LogP contribution in [0.4, 0.5) is 0 Å². The summed E-state index contributed by atoms with van der Waals surface area (Å²) >= 11 is 0. The lowest BCUT2D eigenvalue weighted by atomic mass is 9.67. The number of fused-ring (bicyclic) bond motifs is 1. The van der Waals surface area contributed by atoms with Crippen LogP contribution in [0.15, 0.2) is 42.5 Å². The van der Waals surface area contributed by atoms with Crippen molar-refractivity contribution in [2.75, 3.05) is 19.9 Å². The summed E-state index contributed by atoms with van der Waals surface area (Å²) in [5.41, 5.74) is 4.19. The van der Waals surface area contributed by atoms with E-state index in [2.05, 4.69) is 62.5 Å². The minimum absolute atomic E-state index is 0.0690. The molecule has 2 aliphatic heterocycles. The average molecular weight is 383 g/mol. The molecule has 150 valence electrons. The van der Waals surface area contributed by atoms with Gasteiger partial charge in [0.15, 0.2) is 11.5 Å². The predicted molar refractivity (Wildman–Crippen MR) is 110 cm³/mol. The minimum atomic E-state index is -0.0690. The molecule has 0 aromatic heterocycles. The van der Waals surface area contributed by atoms with Crippen molar-refractivity contribution in [2.45, 2.75) is 57.6 Å². The van der Waals surface area contributed by atoms with Gasteiger partial charge in [0, 0.05) is 24.0 Å². The van der Waals surface area contributed by atoms with E-state index in [1.165, 1.54) is 16.7 Å². The Hall–Kier alpha value is -2.04. The Balaban J connectivity index is 1.42. The van der Waals surface area contributed by atoms with Crippen molar-refractivity contribution in [1.82, 2.24) is 0 Å². The highest BCUT2D eigenvalue weighted by Crippen LogP contribution is 2.43. The molecular formula is C24H32NO3+. The van der Waals surface area contributed by atoms with Gasteiger partial charge in [-0.3, -0.25) is 0 Å². The Kier molecular flexibility index (Phi) is 5.35. The molecule has 0 saturated carbocycles. The number of benzene rings is 2. The van der Waals surface area contributed by atoms with Crippen LogP contribution in [0.1, 0.15) is 49.8 Å². The van der Waals surface area contributed by atoms with Crippen LogP contribution in [0.2, 0.25) is 0 Å². The first kappa shape index (κ1) is 19.3. The Bertz CT molecular complexity index is 815. The number of hydrogen-bond donors (Lipinski definition) is 1. The summed E-state index contributed by atoms with van der Waals surface area (Å²) in [7, 11) is 0. The van der Waals surface area contributed by atoms with Crippen molar-refractivity contribution in [2.24, 2.45) is 0 Å². The lowest BCUT2D eigenvalue weighted by Crippen LogP contribution is -2.83. The van der Waals surface area contributed by atoms with E-state index < -0.39 is 0 Å². The lowest BCUT2D eigenvalue weighted by molar-refractivity contribution is -0.672. The molecular weight excluding hydrogens is 350 g/mol. The van der Waals surface area contributed by atoms with Gasteiger partial charge in [0.25, 0.3) is 0 Å². The quantitative estimate of drug-likeness (QED) is 0.775. The number of quaternary nitrogens is 1. The van der Waals surface area contributed by atoms with Crippen LogP contribution >= 0.6 is 0 Å². The third-order valence-corrected chi connectivity index (χ3v) is 6.15. The normalized spacial score (nSPS) is 23.0. The largest absolute Gasteiger partial charge is 0.454 e. The number of ether oxygens (including phenoxy) is 3. The summed E-state index contributed by atoms with van der Waals surface area (Å²) in [6.07, 6.45) is 3.33. The Morgan fingerprint density at radius 1 is 1.00 bits per heavy atom. The van der Waals surface area contributed by atoms with Gasteiger partial charge in [-0.15, -0.1) is 0 Å². The Labute approximate surface area is 168 Å². The van der Waals surface area contributed by atoms with E-state index in [0.717, 1.165) is 50.5 Å². The van der Waals surface area contributed by atoms with Crippen LogP contribution in [-0.2, 0) is 16.7 Å². The number of hydrogen-bond acceptors (Lipinski definition) is 3. The van der Waals surface area contributed by atoms with Crippen molar-refractivity contribution in [3.63, 3.8) is 0 Å². The van der Waals surface area contributed by atoms with Crippen LogP contribution in [0.3, 0.4) is 0 Å². The maximum atomic E-state index is 6.05. The zero-order valence-electron chi connectivity index (χ0n) is 17.3. The molecule has 0 unspecified atom stereocenters. The molecule has 0 spiro atoms. The highest BCUT2D eigenvalue weighted by atomic mass is 16.7. The Morgan fingerprint density at radius 2 is 1.79 bits per heavy atom. The topological polar surface area (TPSA) is 44.3 Å². The van der Waals surface area contributed by atoms with Crippen molar-refractivity contribution in [3.05, 3.63) is 59.2 Å². The summed E-state index contributed by atoms with van der Waals surface area (Å²) in [5, 5.41) is 2.41. The predicted octanol–water partition coefficient (Wildman–Crippen LogP) is 3.70. The lowest BCUT2D eigenvalue weighted by Gasteiger charge is -2.45. The number of aryl methyl sites for hydroxylation is 1. The minimum Gasteiger partial charge on any atom is -0.454 e. The number of nitrogens with two attached hydrogens (primary N) is 1. The summed E-state index contributed by atoms with van der Waals surface area (Å²) in [6, 6.07) is 15.4. The van der Waals surface area contributed by atoms with E-state index in [4.69, 9.17) is 14.2 Å². The fourth-order valence-electron chi connectivity index (χ4n) is 4.70. The first-order valence-electron chi connectivity index (χ1n) is 10.4. The zero-order chi connectivity index (χ0) is 19.6. The molecule has 4 nitrogen and oxygen atoms in total. The fourth-order valence-corrected chi connectivity index (χ4v) is 4.70. The third-order valence-electron chi connectivity index (χ3n) is 6.15. The van der Waals surface area contributed by atoms with Gasteiger partial charge in [-0.1, -0.05) is 29.8 Å². The first-order valence-corrected chi connectivity index (χ1v) is 10.4. The van der Waals surface area contributed by atoms with Crippen molar-refractivity contribution >= 4 is 0 Å². The SMILES string of the molecule is Cc1ccc([C@@]2(CC[NH2+]Cc3ccc4c(c3)OCO4)CCOC(C)(C)C2)cc1. The molecule has 2 aliphatic rings. The fraction of sp³-hybridized carbons (Fsp3) is 0.500. The monoisotopic (exact) mass is 382 g/mol. The molecule has 0 amide bonds. The van der Waals surface area contributed by atoms with Gasteiger partial charge in [0.2, 0.25) is 6.79 Å². The van der Waals surface area contributed by atoms with Crippen LogP contribution in [0.5, 0.6) is 11.5 Å². The van der Waals surface area contributed by atoms with E-state index in [1.807, 2.05) is 6.07 Å². The molecule has 1 saturated heterocycles. The smallest absolute Gasteiger partial charge is 0.231 e. The van der Waals surface area contributed by atoms with Crippen molar-refractivity contribution in [3.8, 4) is 11.5 Å². The van der Waals surface area contributed by atoms with E-state index >= 15 is 0 Å². The second-order valence-corrected chi connectivity index (χ2v) is 8.90. The molecule has 2 N–H and O–H groups in total. The summed E-state index contributed by atoms with van der Waals surface area (Å²) in [5.74, 6) is 1.72. The highest BCUT2D eigenvalue weighted by molar-refractivity contribution is 5.44. The van der Waals surface area contributed by atoms with E-state index in [0.29, 0.717) is 6.79 Å². The molecule has 1 atom stereocenters. The third kappa shape index (κ3) is 4.18. The number of rotatable bonds is 6. The van der Waals surface area contributed by atoms with Gasteiger partial charge in [0.05, 0.1) is 12.1 Å². The van der Waals surface area contributed by atoms with Crippen LogP contribution in [-0.4, -0.2) is 25.5 Å². The second-order valence-electron chi connectivity index (χ2n) is 8.90. The van der Waals surface area contributed by atoms with Gasteiger partial charge in [-0.05, 0) is 57.4 Å². The van der Waals surface area contributed by atoms with Crippen LogP contribution < -0.4 is 14.8 Å². The zero-order valence-corrected chi connectivity index (χ0v) is 17.3. The van der Waals surface area contributed by atoms with E-state index in [9.17, 15) is 0 Å². The molecule has 2 heterocycles. The standard InChI is InChI=1S/C24H31NO3/c1-18-4-7-20(8-5-18)24(11-13-28-23(2,3)16-24)10-12-25-15-19-6-9-21-22(14-19)27-17-26-21/h4-9,14,25H,10-13,15-17H2,1-3H3/p+1/t24-/m0/s1. The van der Waals surface area contributed by atoms with Gasteiger partial charge >= 0.3 is 0 Å². The van der Waals surface area contributed by atoms with Gasteiger partial charge in [-0.25, -0.2) is 0 Å². The molecule has 4 heteroatoms. The maximum absolute atomic E-state index is 6.05. The molecule has 2 aromatic carbocycles. The van der Waals surface area contributed by atoms with Crippen LogP contribution in [0.25, 0.3) is 0 Å². The molecule has 28 heavy (non-hydrogen) atoms. The van der Waals surface area contributed by atoms with Gasteiger partial charge in [-0.2, -0.15) is 0 Å². The van der Waals surface area contributed by atoms with E-state index in [1.54, 1.807) is 0 Å². The second kappa shape index (κ2) is 7.76. The molecule has 0 aliphatic carbocycles. The van der Waals surface area contributed by atoms with Crippen molar-refractivity contribution in [1.29, 1.82) is 0 Å². The summed E-state index contributed by atoms with van der Waals surface area (Å²) < 4.78 is 16.9. The summed E-state index contributed by atoms with van der Waals surface area (Å²) in [6.45, 7) is 9.84. The average Bonchev–Trinajstić information content (AvgIpc) is 3.13. The van der Waals surface area contributed by atoms with Gasteiger partial charge in [0.1, 0.15) is 6.54 Å². The molecule has 0 bridgehead atoms. The Morgan fingerprint density at radius 3 is 2.57 bits per heavy atom. The molecule has 2 aromatic rings. The highest BCUT2D eigenvalue weighted by Gasteiger charge is 2.42. The van der Waals surface area contributed by atoms with E-state index in [-0.39, 0.29) is 11.0 Å². The van der Waals surface area contributed by atoms with Crippen molar-refractivity contribution < 1.29 is 19.5 Å². The van der Waals surface area contributed by atoms with Crippen LogP contribution in [0, 0.1) is 6.92 Å².